The van der Waals surface area contributed by atoms with Crippen LogP contribution in [0.4, 0.5) is 5.69 Å². The zero-order chi connectivity index (χ0) is 17.5. The largest absolute Gasteiger partial charge is 0.372 e. The first-order valence-corrected chi connectivity index (χ1v) is 8.55. The van der Waals surface area contributed by atoms with E-state index < -0.39 is 0 Å². The van der Waals surface area contributed by atoms with Crippen LogP contribution in [0.1, 0.15) is 34.6 Å². The summed E-state index contributed by atoms with van der Waals surface area (Å²) in [6.45, 7) is 5.98. The lowest BCUT2D eigenvalue weighted by Crippen LogP contribution is -2.41. The van der Waals surface area contributed by atoms with Crippen molar-refractivity contribution in [1.29, 1.82) is 0 Å². The molecule has 0 saturated carbocycles. The van der Waals surface area contributed by atoms with Gasteiger partial charge in [0, 0.05) is 34.4 Å². The van der Waals surface area contributed by atoms with E-state index in [1.54, 1.807) is 30.3 Å². The summed E-state index contributed by atoms with van der Waals surface area (Å²) in [4.78, 5) is 26.3. The highest BCUT2D eigenvalue weighted by Crippen LogP contribution is 2.15. The minimum atomic E-state index is -0.371. The molecule has 0 atom stereocenters. The maximum Gasteiger partial charge on any atom is 0.269 e. The number of amides is 2. The van der Waals surface area contributed by atoms with Gasteiger partial charge in [0.25, 0.3) is 11.8 Å². The predicted octanol–water partition coefficient (Wildman–Crippen LogP) is 3.37. The van der Waals surface area contributed by atoms with Gasteiger partial charge in [-0.25, -0.2) is 0 Å². The number of nitrogens with one attached hydrogen (secondary N) is 2. The quantitative estimate of drug-likeness (QED) is 0.770. The summed E-state index contributed by atoms with van der Waals surface area (Å²) in [5.41, 5.74) is 6.85. The average Bonchev–Trinajstić information content (AvgIpc) is 2.61. The third kappa shape index (κ3) is 4.58. The van der Waals surface area contributed by atoms with Crippen molar-refractivity contribution in [2.75, 3.05) is 18.0 Å². The molecule has 0 aliphatic heterocycles. The second kappa shape index (κ2) is 8.49. The molecule has 0 radical (unpaired) electrons. The monoisotopic (exact) mass is 389 g/mol. The highest BCUT2D eigenvalue weighted by molar-refractivity contribution is 9.10. The van der Waals surface area contributed by atoms with Crippen molar-refractivity contribution in [2.24, 2.45) is 0 Å². The minimum Gasteiger partial charge on any atom is -0.372 e. The van der Waals surface area contributed by atoms with Crippen molar-refractivity contribution in [3.05, 3.63) is 64.1 Å². The van der Waals surface area contributed by atoms with Gasteiger partial charge in [0.1, 0.15) is 0 Å². The molecule has 6 heteroatoms. The van der Waals surface area contributed by atoms with E-state index >= 15 is 0 Å². The van der Waals surface area contributed by atoms with Gasteiger partial charge in [0.15, 0.2) is 0 Å². The van der Waals surface area contributed by atoms with Crippen molar-refractivity contribution in [3.8, 4) is 0 Å². The first-order valence-electron chi connectivity index (χ1n) is 7.76. The molecule has 5 nitrogen and oxygen atoms in total. The van der Waals surface area contributed by atoms with Gasteiger partial charge in [0.05, 0.1) is 0 Å². The topological polar surface area (TPSA) is 61.4 Å². The number of hydrazine groups is 1. The van der Waals surface area contributed by atoms with Crippen molar-refractivity contribution in [1.82, 2.24) is 10.9 Å². The summed E-state index contributed by atoms with van der Waals surface area (Å²) < 4.78 is 0.800. The fourth-order valence-corrected chi connectivity index (χ4v) is 2.70. The molecule has 2 rings (SSSR count). The molecule has 0 aliphatic rings. The first kappa shape index (κ1) is 18.0. The van der Waals surface area contributed by atoms with Crippen LogP contribution in [-0.4, -0.2) is 24.9 Å². The molecular weight excluding hydrogens is 370 g/mol. The Kier molecular flexibility index (Phi) is 6.37. The summed E-state index contributed by atoms with van der Waals surface area (Å²) in [7, 11) is 0. The molecule has 2 amide bonds. The number of carbonyl (C=O) groups excluding carboxylic acids is 2. The van der Waals surface area contributed by atoms with Crippen LogP contribution in [0.5, 0.6) is 0 Å². The minimum absolute atomic E-state index is 0.357. The average molecular weight is 390 g/mol. The van der Waals surface area contributed by atoms with Gasteiger partial charge in [-0.1, -0.05) is 22.0 Å². The Morgan fingerprint density at radius 2 is 1.50 bits per heavy atom. The molecule has 2 aromatic carbocycles. The van der Waals surface area contributed by atoms with E-state index in [2.05, 4.69) is 45.5 Å². The number of hydrogen-bond donors (Lipinski definition) is 2. The predicted molar refractivity (Wildman–Crippen MR) is 99.1 cm³/mol. The third-order valence-electron chi connectivity index (χ3n) is 3.63. The highest BCUT2D eigenvalue weighted by Gasteiger charge is 2.10. The van der Waals surface area contributed by atoms with Gasteiger partial charge < -0.3 is 4.90 Å². The molecule has 126 valence electrons. The van der Waals surface area contributed by atoms with Gasteiger partial charge in [-0.3, -0.25) is 20.4 Å². The molecule has 0 aromatic heterocycles. The molecule has 2 N–H and O–H groups in total. The second-order valence-corrected chi connectivity index (χ2v) is 6.05. The molecular formula is C18H20BrN3O2. The van der Waals surface area contributed by atoms with Crippen molar-refractivity contribution in [3.63, 3.8) is 0 Å². The van der Waals surface area contributed by atoms with Crippen LogP contribution in [0.15, 0.2) is 53.0 Å². The fraction of sp³-hybridized carbons (Fsp3) is 0.222. The molecule has 0 bridgehead atoms. The van der Waals surface area contributed by atoms with Gasteiger partial charge in [0.2, 0.25) is 0 Å². The van der Waals surface area contributed by atoms with Crippen LogP contribution in [0, 0.1) is 0 Å². The molecule has 24 heavy (non-hydrogen) atoms. The van der Waals surface area contributed by atoms with Gasteiger partial charge in [-0.2, -0.15) is 0 Å². The number of hydrogen-bond acceptors (Lipinski definition) is 3. The van der Waals surface area contributed by atoms with E-state index in [0.717, 1.165) is 23.2 Å². The Balaban J connectivity index is 1.96. The zero-order valence-electron chi connectivity index (χ0n) is 13.7. The van der Waals surface area contributed by atoms with E-state index in [9.17, 15) is 9.59 Å². The van der Waals surface area contributed by atoms with Crippen LogP contribution in [0.2, 0.25) is 0 Å². The van der Waals surface area contributed by atoms with Gasteiger partial charge in [-0.15, -0.1) is 0 Å². The van der Waals surface area contributed by atoms with E-state index in [-0.39, 0.29) is 11.8 Å². The van der Waals surface area contributed by atoms with Crippen LogP contribution < -0.4 is 15.8 Å². The van der Waals surface area contributed by atoms with Gasteiger partial charge >= 0.3 is 0 Å². The van der Waals surface area contributed by atoms with Crippen LogP contribution in [0.3, 0.4) is 0 Å². The lowest BCUT2D eigenvalue weighted by atomic mass is 10.2. The Bertz CT molecular complexity index is 712. The number of nitrogens with zero attached hydrogens (tertiary/aromatic N) is 1. The maximum atomic E-state index is 12.1. The summed E-state index contributed by atoms with van der Waals surface area (Å²) in [6, 6.07) is 14.2. The smallest absolute Gasteiger partial charge is 0.269 e. The molecule has 0 saturated heterocycles. The summed E-state index contributed by atoms with van der Waals surface area (Å²) in [5, 5.41) is 0. The third-order valence-corrected chi connectivity index (χ3v) is 4.13. The summed E-state index contributed by atoms with van der Waals surface area (Å²) in [6.07, 6.45) is 0. The molecule has 0 spiro atoms. The molecule has 0 aliphatic carbocycles. The molecule has 0 unspecified atom stereocenters. The number of rotatable bonds is 5. The van der Waals surface area contributed by atoms with E-state index in [1.807, 2.05) is 18.2 Å². The van der Waals surface area contributed by atoms with Crippen LogP contribution in [-0.2, 0) is 0 Å². The number of benzene rings is 2. The lowest BCUT2D eigenvalue weighted by molar-refractivity contribution is 0.0846. The fourth-order valence-electron chi connectivity index (χ4n) is 2.30. The van der Waals surface area contributed by atoms with Crippen LogP contribution >= 0.6 is 15.9 Å². The van der Waals surface area contributed by atoms with Crippen LogP contribution in [0.25, 0.3) is 0 Å². The number of halogens is 1. The molecule has 0 fully saturated rings. The second-order valence-electron chi connectivity index (χ2n) is 5.14. The highest BCUT2D eigenvalue weighted by atomic mass is 79.9. The van der Waals surface area contributed by atoms with Crippen molar-refractivity contribution in [2.45, 2.75) is 13.8 Å². The van der Waals surface area contributed by atoms with Crippen molar-refractivity contribution < 1.29 is 9.59 Å². The first-order chi connectivity index (χ1) is 11.5. The SMILES string of the molecule is CCN(CC)c1ccc(C(=O)NNC(=O)c2cccc(Br)c2)cc1. The summed E-state index contributed by atoms with van der Waals surface area (Å²) in [5.74, 6) is -0.728. The number of anilines is 1. The Labute approximate surface area is 150 Å². The Morgan fingerprint density at radius 1 is 0.917 bits per heavy atom. The van der Waals surface area contributed by atoms with Gasteiger partial charge in [-0.05, 0) is 56.3 Å². The molecule has 0 heterocycles. The maximum absolute atomic E-state index is 12.1. The standard InChI is InChI=1S/C18H20BrN3O2/c1-3-22(4-2)16-10-8-13(9-11-16)17(23)20-21-18(24)14-6-5-7-15(19)12-14/h5-12H,3-4H2,1-2H3,(H,20,23)(H,21,24). The lowest BCUT2D eigenvalue weighted by Gasteiger charge is -2.21. The van der Waals surface area contributed by atoms with E-state index in [0.29, 0.717) is 11.1 Å². The Hall–Kier alpha value is -2.34. The number of carbonyl (C=O) groups is 2. The zero-order valence-corrected chi connectivity index (χ0v) is 15.3. The Morgan fingerprint density at radius 3 is 2.04 bits per heavy atom. The molecule has 2 aromatic rings. The van der Waals surface area contributed by atoms with E-state index in [1.165, 1.54) is 0 Å². The summed E-state index contributed by atoms with van der Waals surface area (Å²) >= 11 is 3.31. The normalized spacial score (nSPS) is 10.1. The van der Waals surface area contributed by atoms with E-state index in [4.69, 9.17) is 0 Å². The van der Waals surface area contributed by atoms with Crippen molar-refractivity contribution >= 4 is 33.4 Å².